The summed E-state index contributed by atoms with van der Waals surface area (Å²) in [5.41, 5.74) is 0. The van der Waals surface area contributed by atoms with Crippen LogP contribution in [0.5, 0.6) is 0 Å². The highest BCUT2D eigenvalue weighted by Crippen LogP contribution is 2.30. The topological polar surface area (TPSA) is 54.5 Å². The van der Waals surface area contributed by atoms with Crippen molar-refractivity contribution >= 4 is 38.7 Å². The Morgan fingerprint density at radius 2 is 2.22 bits per heavy atom. The molecular formula is C11H14ClNO3S2. The molecule has 0 bridgehead atoms. The van der Waals surface area contributed by atoms with Crippen molar-refractivity contribution < 1.29 is 13.2 Å². The van der Waals surface area contributed by atoms with Gasteiger partial charge in [0.05, 0.1) is 4.34 Å². The summed E-state index contributed by atoms with van der Waals surface area (Å²) in [6.45, 7) is 2.28. The number of carbonyl (C=O) groups excluding carboxylic acids is 1. The molecule has 1 fully saturated rings. The first-order chi connectivity index (χ1) is 8.41. The van der Waals surface area contributed by atoms with Crippen molar-refractivity contribution in [3.63, 3.8) is 0 Å². The number of ketones is 1. The molecule has 1 aliphatic heterocycles. The number of hydrogen-bond donors (Lipinski definition) is 0. The van der Waals surface area contributed by atoms with Gasteiger partial charge in [-0.05, 0) is 31.9 Å². The van der Waals surface area contributed by atoms with Gasteiger partial charge in [0, 0.05) is 19.0 Å². The van der Waals surface area contributed by atoms with E-state index in [-0.39, 0.29) is 22.5 Å². The molecule has 4 nitrogen and oxygen atoms in total. The number of rotatable bonds is 3. The highest BCUT2D eigenvalue weighted by atomic mass is 35.5. The molecule has 0 aromatic carbocycles. The molecule has 1 saturated heterocycles. The zero-order chi connectivity index (χ0) is 13.3. The highest BCUT2D eigenvalue weighted by Gasteiger charge is 2.32. The van der Waals surface area contributed by atoms with E-state index in [1.54, 1.807) is 6.07 Å². The SMILES string of the molecule is CC(=O)C1CCCN(S(=O)(=O)c2ccc(Cl)s2)C1. The van der Waals surface area contributed by atoms with Gasteiger partial charge in [0.15, 0.2) is 0 Å². The van der Waals surface area contributed by atoms with E-state index in [2.05, 4.69) is 0 Å². The molecule has 7 heteroatoms. The van der Waals surface area contributed by atoms with Gasteiger partial charge in [0.2, 0.25) is 0 Å². The molecule has 0 saturated carbocycles. The highest BCUT2D eigenvalue weighted by molar-refractivity contribution is 7.91. The molecule has 0 aliphatic carbocycles. The molecule has 0 spiro atoms. The molecule has 1 aromatic rings. The van der Waals surface area contributed by atoms with E-state index in [1.165, 1.54) is 17.3 Å². The molecular weight excluding hydrogens is 294 g/mol. The number of halogens is 1. The lowest BCUT2D eigenvalue weighted by Crippen LogP contribution is -2.41. The van der Waals surface area contributed by atoms with Gasteiger partial charge in [0.1, 0.15) is 9.99 Å². The lowest BCUT2D eigenvalue weighted by molar-refractivity contribution is -0.121. The Bertz CT molecular complexity index is 552. The molecule has 100 valence electrons. The first kappa shape index (κ1) is 14.0. The number of hydrogen-bond acceptors (Lipinski definition) is 4. The maximum atomic E-state index is 12.3. The van der Waals surface area contributed by atoms with Crippen LogP contribution in [0.1, 0.15) is 19.8 Å². The maximum absolute atomic E-state index is 12.3. The van der Waals surface area contributed by atoms with Crippen LogP contribution in [-0.2, 0) is 14.8 Å². The van der Waals surface area contributed by atoms with Crippen molar-refractivity contribution in [2.45, 2.75) is 24.0 Å². The van der Waals surface area contributed by atoms with Crippen molar-refractivity contribution in [2.75, 3.05) is 13.1 Å². The average molecular weight is 308 g/mol. The van der Waals surface area contributed by atoms with Gasteiger partial charge in [-0.15, -0.1) is 11.3 Å². The smallest absolute Gasteiger partial charge is 0.252 e. The van der Waals surface area contributed by atoms with E-state index in [0.717, 1.165) is 24.2 Å². The van der Waals surface area contributed by atoms with Crippen LogP contribution >= 0.6 is 22.9 Å². The van der Waals surface area contributed by atoms with E-state index in [4.69, 9.17) is 11.6 Å². The van der Waals surface area contributed by atoms with Crippen molar-refractivity contribution in [1.82, 2.24) is 4.31 Å². The summed E-state index contributed by atoms with van der Waals surface area (Å²) < 4.78 is 26.8. The quantitative estimate of drug-likeness (QED) is 0.861. The normalized spacial score (nSPS) is 22.0. The minimum Gasteiger partial charge on any atom is -0.300 e. The van der Waals surface area contributed by atoms with Crippen LogP contribution in [0.25, 0.3) is 0 Å². The molecule has 1 atom stereocenters. The number of Topliss-reactive ketones (excluding diaryl/α,β-unsaturated/α-hetero) is 1. The number of thiophene rings is 1. The first-order valence-corrected chi connectivity index (χ1v) is 8.30. The van der Waals surface area contributed by atoms with Crippen molar-refractivity contribution in [3.05, 3.63) is 16.5 Å². The Hall–Kier alpha value is -0.430. The third kappa shape index (κ3) is 2.77. The maximum Gasteiger partial charge on any atom is 0.252 e. The summed E-state index contributed by atoms with van der Waals surface area (Å²) in [5.74, 6) is -0.122. The van der Waals surface area contributed by atoms with Gasteiger partial charge in [-0.25, -0.2) is 8.42 Å². The fourth-order valence-electron chi connectivity index (χ4n) is 2.06. The molecule has 1 aliphatic rings. The summed E-state index contributed by atoms with van der Waals surface area (Å²) in [7, 11) is -3.49. The standard InChI is InChI=1S/C11H14ClNO3S2/c1-8(14)9-3-2-6-13(7-9)18(15,16)11-5-4-10(12)17-11/h4-5,9H,2-3,6-7H2,1H3. The number of sulfonamides is 1. The van der Waals surface area contributed by atoms with Crippen molar-refractivity contribution in [2.24, 2.45) is 5.92 Å². The summed E-state index contributed by atoms with van der Waals surface area (Å²) in [6.07, 6.45) is 1.50. The summed E-state index contributed by atoms with van der Waals surface area (Å²) >= 11 is 6.81. The third-order valence-electron chi connectivity index (χ3n) is 3.10. The Morgan fingerprint density at radius 3 is 2.78 bits per heavy atom. The number of carbonyl (C=O) groups is 1. The van der Waals surface area contributed by atoms with Gasteiger partial charge in [0.25, 0.3) is 10.0 Å². The Kier molecular flexibility index (Phi) is 4.11. The zero-order valence-electron chi connectivity index (χ0n) is 9.93. The van der Waals surface area contributed by atoms with Gasteiger partial charge in [-0.3, -0.25) is 4.79 Å². The predicted molar refractivity (Wildman–Crippen MR) is 71.5 cm³/mol. The van der Waals surface area contributed by atoms with Gasteiger partial charge >= 0.3 is 0 Å². The summed E-state index contributed by atoms with van der Waals surface area (Å²) in [6, 6.07) is 3.09. The molecule has 18 heavy (non-hydrogen) atoms. The largest absolute Gasteiger partial charge is 0.300 e. The zero-order valence-corrected chi connectivity index (χ0v) is 12.3. The van der Waals surface area contributed by atoms with E-state index in [0.29, 0.717) is 10.9 Å². The van der Waals surface area contributed by atoms with E-state index >= 15 is 0 Å². The van der Waals surface area contributed by atoms with Crippen LogP contribution in [0, 0.1) is 5.92 Å². The first-order valence-electron chi connectivity index (χ1n) is 5.67. The van der Waals surface area contributed by atoms with Crippen LogP contribution in [0.15, 0.2) is 16.3 Å². The number of nitrogens with zero attached hydrogens (tertiary/aromatic N) is 1. The van der Waals surface area contributed by atoms with Crippen LogP contribution in [0.2, 0.25) is 4.34 Å². The lowest BCUT2D eigenvalue weighted by atomic mass is 9.96. The molecule has 1 unspecified atom stereocenters. The molecule has 0 amide bonds. The minimum absolute atomic E-state index is 0.0547. The summed E-state index contributed by atoms with van der Waals surface area (Å²) in [4.78, 5) is 11.4. The van der Waals surface area contributed by atoms with Crippen LogP contribution in [0.3, 0.4) is 0 Å². The summed E-state index contributed by atoms with van der Waals surface area (Å²) in [5, 5.41) is 0. The Balaban J connectivity index is 2.22. The van der Waals surface area contributed by atoms with Gasteiger partial charge in [-0.1, -0.05) is 11.6 Å². The lowest BCUT2D eigenvalue weighted by Gasteiger charge is -2.30. The van der Waals surface area contributed by atoms with E-state index in [1.807, 2.05) is 0 Å². The van der Waals surface area contributed by atoms with Gasteiger partial charge < -0.3 is 0 Å². The minimum atomic E-state index is -3.49. The monoisotopic (exact) mass is 307 g/mol. The van der Waals surface area contributed by atoms with Crippen LogP contribution in [0.4, 0.5) is 0 Å². The molecule has 2 heterocycles. The van der Waals surface area contributed by atoms with Gasteiger partial charge in [-0.2, -0.15) is 4.31 Å². The molecule has 0 radical (unpaired) electrons. The van der Waals surface area contributed by atoms with E-state index < -0.39 is 10.0 Å². The second kappa shape index (κ2) is 5.28. The molecule has 0 N–H and O–H groups in total. The fraction of sp³-hybridized carbons (Fsp3) is 0.545. The Morgan fingerprint density at radius 1 is 1.50 bits per heavy atom. The fourth-order valence-corrected chi connectivity index (χ4v) is 5.22. The van der Waals surface area contributed by atoms with E-state index in [9.17, 15) is 13.2 Å². The van der Waals surface area contributed by atoms with Crippen molar-refractivity contribution in [3.8, 4) is 0 Å². The van der Waals surface area contributed by atoms with Crippen molar-refractivity contribution in [1.29, 1.82) is 0 Å². The van der Waals surface area contributed by atoms with Crippen LogP contribution < -0.4 is 0 Å². The second-order valence-corrected chi connectivity index (χ2v) is 8.25. The Labute approximate surface area is 116 Å². The number of piperidine rings is 1. The third-order valence-corrected chi connectivity index (χ3v) is 6.67. The second-order valence-electron chi connectivity index (χ2n) is 4.37. The molecule has 2 rings (SSSR count). The molecule has 1 aromatic heterocycles. The van der Waals surface area contributed by atoms with Crippen LogP contribution in [-0.4, -0.2) is 31.6 Å². The predicted octanol–water partition coefficient (Wildman–Crippen LogP) is 2.39. The average Bonchev–Trinajstić information content (AvgIpc) is 2.77.